The first kappa shape index (κ1) is 35.7. The number of fused-ring (bicyclic) bond motifs is 4. The molecule has 272 valence electrons. The Morgan fingerprint density at radius 2 is 2.00 bits per heavy atom. The number of hydrogen-bond donors (Lipinski definition) is 1. The Kier molecular flexibility index (Phi) is 9.58. The Morgan fingerprint density at radius 3 is 2.73 bits per heavy atom. The molecule has 1 aromatic heterocycles. The van der Waals surface area contributed by atoms with Crippen LogP contribution in [0.3, 0.4) is 0 Å². The van der Waals surface area contributed by atoms with Crippen molar-refractivity contribution in [2.75, 3.05) is 38.3 Å². The largest absolute Gasteiger partial charge is 0.490 e. The molecular weight excluding hydrogens is 690 g/mol. The minimum atomic E-state index is -3.89. The quantitative estimate of drug-likeness (QED) is 0.327. The number of carbonyl (C=O) groups is 2. The van der Waals surface area contributed by atoms with Gasteiger partial charge in [0, 0.05) is 43.9 Å². The fraction of sp³-hybridized carbons (Fsp3) is 0.500. The zero-order valence-corrected chi connectivity index (χ0v) is 31.4. The molecule has 5 atom stereocenters. The average Bonchev–Trinajstić information content (AvgIpc) is 3.34. The number of aryl methyl sites for hydroxylation is 3. The van der Waals surface area contributed by atoms with Crippen molar-refractivity contribution in [1.29, 1.82) is 0 Å². The van der Waals surface area contributed by atoms with E-state index < -0.39 is 27.3 Å². The summed E-state index contributed by atoms with van der Waals surface area (Å²) in [6.45, 7) is 6.82. The van der Waals surface area contributed by atoms with E-state index in [2.05, 4.69) is 31.2 Å². The summed E-state index contributed by atoms with van der Waals surface area (Å²) in [4.78, 5) is 30.1. The smallest absolute Gasteiger partial charge is 0.287 e. The van der Waals surface area contributed by atoms with Gasteiger partial charge in [0.15, 0.2) is 9.92 Å². The van der Waals surface area contributed by atoms with Crippen molar-refractivity contribution in [3.63, 3.8) is 0 Å². The van der Waals surface area contributed by atoms with Gasteiger partial charge >= 0.3 is 0 Å². The lowest BCUT2D eigenvalue weighted by Gasteiger charge is -2.46. The fourth-order valence-corrected chi connectivity index (χ4v) is 9.87. The van der Waals surface area contributed by atoms with Crippen molar-refractivity contribution >= 4 is 39.0 Å². The van der Waals surface area contributed by atoms with Crippen molar-refractivity contribution in [2.45, 2.75) is 74.9 Å². The van der Waals surface area contributed by atoms with E-state index in [1.807, 2.05) is 18.2 Å². The number of rotatable bonds is 3. The van der Waals surface area contributed by atoms with Gasteiger partial charge in [0.25, 0.3) is 11.8 Å². The van der Waals surface area contributed by atoms with Crippen molar-refractivity contribution in [3.8, 4) is 5.75 Å². The normalized spacial score (nSPS) is 29.4. The molecule has 0 saturated heterocycles. The number of methoxy groups -OCH3 is 1. The summed E-state index contributed by atoms with van der Waals surface area (Å²) in [6, 6.07) is 11.4. The zero-order valence-electron chi connectivity index (χ0n) is 29.8. The third-order valence-corrected chi connectivity index (χ3v) is 13.0. The summed E-state index contributed by atoms with van der Waals surface area (Å²) >= 11 is 6.47. The Balaban J connectivity index is 1.38. The van der Waals surface area contributed by atoms with E-state index in [4.69, 9.17) is 25.8 Å². The number of aromatic nitrogens is 2. The van der Waals surface area contributed by atoms with E-state index in [9.17, 15) is 9.59 Å². The van der Waals surface area contributed by atoms with Crippen LogP contribution in [0.25, 0.3) is 0 Å². The van der Waals surface area contributed by atoms with Gasteiger partial charge in [-0.15, -0.1) is 4.36 Å². The minimum Gasteiger partial charge on any atom is -0.490 e. The van der Waals surface area contributed by atoms with Crippen LogP contribution in [0.1, 0.15) is 66.7 Å². The van der Waals surface area contributed by atoms with E-state index in [0.717, 1.165) is 42.8 Å². The second kappa shape index (κ2) is 13.7. The first-order valence-corrected chi connectivity index (χ1v) is 19.5. The van der Waals surface area contributed by atoms with Crippen LogP contribution in [0, 0.1) is 18.8 Å². The number of carbonyl (C=O) groups excluding carboxylic acids is 2. The fourth-order valence-electron chi connectivity index (χ4n) is 8.07. The van der Waals surface area contributed by atoms with Crippen LogP contribution < -0.4 is 14.4 Å². The second-order valence-electron chi connectivity index (χ2n) is 14.8. The molecule has 7 rings (SSSR count). The van der Waals surface area contributed by atoms with Crippen molar-refractivity contribution in [3.05, 3.63) is 82.2 Å². The summed E-state index contributed by atoms with van der Waals surface area (Å²) in [5, 5.41) is 4.99. The summed E-state index contributed by atoms with van der Waals surface area (Å²) in [5.74, 6) is -0.186. The number of benzene rings is 2. The lowest BCUT2D eigenvalue weighted by Crippen LogP contribution is -2.49. The van der Waals surface area contributed by atoms with Crippen LogP contribution in [-0.4, -0.2) is 70.9 Å². The highest BCUT2D eigenvalue weighted by molar-refractivity contribution is 7.92. The highest BCUT2D eigenvalue weighted by atomic mass is 35.5. The summed E-state index contributed by atoms with van der Waals surface area (Å²) in [6.07, 6.45) is 10.3. The lowest BCUT2D eigenvalue weighted by atomic mass is 9.68. The van der Waals surface area contributed by atoms with Crippen molar-refractivity contribution < 1.29 is 28.0 Å². The number of nitrogens with zero attached hydrogens (tertiary/aromatic N) is 4. The van der Waals surface area contributed by atoms with Gasteiger partial charge in [-0.25, -0.2) is 4.21 Å². The Morgan fingerprint density at radius 1 is 1.18 bits per heavy atom. The van der Waals surface area contributed by atoms with Gasteiger partial charge < -0.3 is 19.1 Å². The van der Waals surface area contributed by atoms with Gasteiger partial charge in [0.05, 0.1) is 41.2 Å². The molecule has 1 N–H and O–H groups in total. The first-order valence-electron chi connectivity index (χ1n) is 17.6. The molecule has 2 aromatic carbocycles. The van der Waals surface area contributed by atoms with E-state index in [-0.39, 0.29) is 34.5 Å². The van der Waals surface area contributed by atoms with Crippen LogP contribution in [0.2, 0.25) is 5.02 Å². The minimum absolute atomic E-state index is 0.117. The van der Waals surface area contributed by atoms with Crippen molar-refractivity contribution in [2.24, 2.45) is 23.2 Å². The Labute approximate surface area is 305 Å². The van der Waals surface area contributed by atoms with Gasteiger partial charge in [0.1, 0.15) is 11.4 Å². The Bertz CT molecular complexity index is 2020. The molecule has 13 heteroatoms. The third kappa shape index (κ3) is 6.83. The van der Waals surface area contributed by atoms with Gasteiger partial charge in [-0.2, -0.15) is 5.10 Å². The maximum atomic E-state index is 15.1. The van der Waals surface area contributed by atoms with Crippen LogP contribution in [0.4, 0.5) is 5.69 Å². The van der Waals surface area contributed by atoms with Crippen molar-refractivity contribution in [1.82, 2.24) is 14.5 Å². The number of halogens is 1. The van der Waals surface area contributed by atoms with Gasteiger partial charge in [0.2, 0.25) is 0 Å². The van der Waals surface area contributed by atoms with Gasteiger partial charge in [-0.1, -0.05) is 29.8 Å². The van der Waals surface area contributed by atoms with Crippen LogP contribution in [0.15, 0.2) is 64.0 Å². The molecular formula is C38H46ClN5O6S. The van der Waals surface area contributed by atoms with E-state index in [1.54, 1.807) is 59.3 Å². The zero-order chi connectivity index (χ0) is 36.1. The number of nitrogens with one attached hydrogen (secondary N) is 1. The molecule has 3 aromatic rings. The standard InChI is InChI=1S/C38H46ClN5O6S/c1-24-30(21-43(4)40-24)35(45)41-51(47)28-12-15-34-32(19-28)44(22-38(23-49-34)16-6-8-25-18-27(39)11-14-31(25)38)20-26-10-13-29(26)33(48-5)9-7-17-50-37(2,3)36(46)42-51/h7,9,11-12,14-15,18-19,21,26,29,33H,6,8,10,13,16-17,20,22-23H2,1-5H3,(H,41,42,45,46,47)/b9-7+/t26-,29+,33-,38-,51?/m0/s1. The predicted molar refractivity (Wildman–Crippen MR) is 196 cm³/mol. The van der Waals surface area contributed by atoms with Crippen LogP contribution >= 0.6 is 11.6 Å². The molecule has 2 aliphatic heterocycles. The number of amides is 2. The molecule has 1 fully saturated rings. The highest BCUT2D eigenvalue weighted by Gasteiger charge is 2.45. The molecule has 2 amide bonds. The van der Waals surface area contributed by atoms with Gasteiger partial charge in [-0.3, -0.25) is 19.0 Å². The topological polar surface area (TPSA) is 124 Å². The molecule has 4 aliphatic rings. The third-order valence-electron chi connectivity index (χ3n) is 11.0. The molecule has 2 bridgehead atoms. The second-order valence-corrected chi connectivity index (χ2v) is 17.2. The predicted octanol–water partition coefficient (Wildman–Crippen LogP) is 5.96. The number of anilines is 1. The summed E-state index contributed by atoms with van der Waals surface area (Å²) in [5.41, 5.74) is 2.16. The van der Waals surface area contributed by atoms with Gasteiger partial charge in [-0.05, 0) is 106 Å². The van der Waals surface area contributed by atoms with E-state index in [0.29, 0.717) is 37.1 Å². The first-order chi connectivity index (χ1) is 24.3. The average molecular weight is 736 g/mol. The molecule has 1 saturated carbocycles. The molecule has 1 unspecified atom stereocenters. The Hall–Kier alpha value is -3.71. The summed E-state index contributed by atoms with van der Waals surface area (Å²) < 4.78 is 42.2. The van der Waals surface area contributed by atoms with Crippen LogP contribution in [0.5, 0.6) is 5.75 Å². The van der Waals surface area contributed by atoms with E-state index >= 15 is 4.21 Å². The maximum absolute atomic E-state index is 15.1. The molecule has 11 nitrogen and oxygen atoms in total. The highest BCUT2D eigenvalue weighted by Crippen LogP contribution is 2.47. The monoisotopic (exact) mass is 735 g/mol. The molecule has 51 heavy (non-hydrogen) atoms. The summed E-state index contributed by atoms with van der Waals surface area (Å²) in [7, 11) is -0.460. The molecule has 1 spiro atoms. The molecule has 2 aliphatic carbocycles. The molecule has 0 radical (unpaired) electrons. The van der Waals surface area contributed by atoms with Crippen LogP contribution in [-0.2, 0) is 43.1 Å². The number of hydrogen-bond acceptors (Lipinski definition) is 8. The number of ether oxygens (including phenoxy) is 3. The maximum Gasteiger partial charge on any atom is 0.287 e. The lowest BCUT2D eigenvalue weighted by molar-refractivity contribution is -0.137. The SMILES string of the molecule is CO[C@H]1/C=C/COC(C)(C)C(=O)N=S(=O)(NC(=O)c2cn(C)nc2C)c2ccc3c(c2)N(C[C@@H]2CC[C@H]21)C[C@@]1(CCCc2cc(Cl)ccc21)CO3. The van der Waals surface area contributed by atoms with E-state index in [1.165, 1.54) is 15.8 Å². The molecule has 3 heterocycles.